The van der Waals surface area contributed by atoms with Crippen LogP contribution in [-0.2, 0) is 0 Å². The minimum atomic E-state index is -1.12. The summed E-state index contributed by atoms with van der Waals surface area (Å²) < 4.78 is 26.6. The molecule has 0 bridgehead atoms. The van der Waals surface area contributed by atoms with Gasteiger partial charge < -0.3 is 10.3 Å². The molecule has 19 heavy (non-hydrogen) atoms. The van der Waals surface area contributed by atoms with E-state index < -0.39 is 23.2 Å². The first-order chi connectivity index (χ1) is 8.92. The number of oxime groups is 1. The van der Waals surface area contributed by atoms with Crippen molar-refractivity contribution in [3.8, 4) is 0 Å². The van der Waals surface area contributed by atoms with Crippen molar-refractivity contribution in [2.24, 2.45) is 16.5 Å². The lowest BCUT2D eigenvalue weighted by molar-refractivity contribution is 0.119. The van der Waals surface area contributed by atoms with E-state index in [2.05, 4.69) is 5.16 Å². The highest BCUT2D eigenvalue weighted by Crippen LogP contribution is 2.57. The molecule has 3 nitrogen and oxygen atoms in total. The predicted molar refractivity (Wildman–Crippen MR) is 67.0 cm³/mol. The fourth-order valence-corrected chi connectivity index (χ4v) is 2.62. The van der Waals surface area contributed by atoms with Crippen molar-refractivity contribution >= 4 is 5.71 Å². The van der Waals surface area contributed by atoms with Gasteiger partial charge in [-0.25, -0.2) is 8.78 Å². The van der Waals surface area contributed by atoms with Gasteiger partial charge in [0, 0.05) is 17.0 Å². The number of rotatable bonds is 4. The van der Waals surface area contributed by atoms with Gasteiger partial charge in [-0.1, -0.05) is 25.1 Å². The summed E-state index contributed by atoms with van der Waals surface area (Å²) in [7, 11) is 0. The van der Waals surface area contributed by atoms with Gasteiger partial charge in [-0.3, -0.25) is 0 Å². The van der Waals surface area contributed by atoms with E-state index in [1.807, 2.05) is 13.8 Å². The topological polar surface area (TPSA) is 52.8 Å². The molecular weight excluding hydrogens is 252 g/mol. The predicted octanol–water partition coefficient (Wildman–Crippen LogP) is 3.26. The van der Waals surface area contributed by atoms with E-state index >= 15 is 0 Å². The second-order valence-corrected chi connectivity index (χ2v) is 5.36. The van der Waals surface area contributed by atoms with Crippen LogP contribution in [0.4, 0.5) is 8.78 Å². The zero-order chi connectivity index (χ0) is 14.2. The fourth-order valence-electron chi connectivity index (χ4n) is 2.62. The lowest BCUT2D eigenvalue weighted by atomic mass is 9.83. The third kappa shape index (κ3) is 2.34. The van der Waals surface area contributed by atoms with Crippen molar-refractivity contribution in [2.75, 3.05) is 0 Å². The van der Waals surface area contributed by atoms with Crippen LogP contribution in [0.25, 0.3) is 0 Å². The highest BCUT2D eigenvalue weighted by atomic mass is 19.1. The molecule has 1 unspecified atom stereocenters. The standard InChI is InChI=1S/C14H17F2NO2/c1-8(2)12(17-19)14(5-6-14)13(18)10-4-3-9(15)7-11(10)16/h3-4,7-8,13,18-19H,5-6H2,1-2H3. The maximum absolute atomic E-state index is 13.7. The van der Waals surface area contributed by atoms with Crippen LogP contribution in [-0.4, -0.2) is 16.0 Å². The summed E-state index contributed by atoms with van der Waals surface area (Å²) in [4.78, 5) is 0. The average Bonchev–Trinajstić information content (AvgIpc) is 3.10. The third-order valence-corrected chi connectivity index (χ3v) is 3.73. The average molecular weight is 269 g/mol. The molecule has 1 aliphatic carbocycles. The highest BCUT2D eigenvalue weighted by molar-refractivity contribution is 5.94. The Kier molecular flexibility index (Phi) is 3.58. The molecule has 2 N–H and O–H groups in total. The van der Waals surface area contributed by atoms with Crippen molar-refractivity contribution < 1.29 is 19.1 Å². The van der Waals surface area contributed by atoms with E-state index in [-0.39, 0.29) is 11.5 Å². The van der Waals surface area contributed by atoms with E-state index in [4.69, 9.17) is 5.21 Å². The van der Waals surface area contributed by atoms with Crippen LogP contribution in [0.5, 0.6) is 0 Å². The number of nitrogens with zero attached hydrogens (tertiary/aromatic N) is 1. The molecule has 5 heteroatoms. The van der Waals surface area contributed by atoms with Crippen LogP contribution in [0, 0.1) is 23.0 Å². The van der Waals surface area contributed by atoms with Crippen molar-refractivity contribution in [1.29, 1.82) is 0 Å². The van der Waals surface area contributed by atoms with E-state index in [0.717, 1.165) is 12.1 Å². The number of benzene rings is 1. The first-order valence-corrected chi connectivity index (χ1v) is 6.28. The summed E-state index contributed by atoms with van der Waals surface area (Å²) in [5, 5.41) is 22.8. The summed E-state index contributed by atoms with van der Waals surface area (Å²) >= 11 is 0. The van der Waals surface area contributed by atoms with Crippen LogP contribution >= 0.6 is 0 Å². The second-order valence-electron chi connectivity index (χ2n) is 5.36. The fraction of sp³-hybridized carbons (Fsp3) is 0.500. The van der Waals surface area contributed by atoms with Crippen molar-refractivity contribution in [3.63, 3.8) is 0 Å². The van der Waals surface area contributed by atoms with Crippen LogP contribution < -0.4 is 0 Å². The number of hydrogen-bond acceptors (Lipinski definition) is 3. The number of hydrogen-bond donors (Lipinski definition) is 2. The molecule has 0 spiro atoms. The molecule has 0 aromatic heterocycles. The zero-order valence-electron chi connectivity index (χ0n) is 10.9. The number of halogens is 2. The van der Waals surface area contributed by atoms with Gasteiger partial charge in [0.1, 0.15) is 11.6 Å². The summed E-state index contributed by atoms with van der Waals surface area (Å²) in [6.07, 6.45) is 0.131. The highest BCUT2D eigenvalue weighted by Gasteiger charge is 2.55. The molecule has 1 aromatic carbocycles. The number of aliphatic hydroxyl groups excluding tert-OH is 1. The molecular formula is C14H17F2NO2. The summed E-state index contributed by atoms with van der Waals surface area (Å²) in [5.41, 5.74) is -0.217. The normalized spacial score (nSPS) is 19.6. The largest absolute Gasteiger partial charge is 0.411 e. The van der Waals surface area contributed by atoms with Crippen molar-refractivity contribution in [2.45, 2.75) is 32.8 Å². The molecule has 1 atom stereocenters. The van der Waals surface area contributed by atoms with Gasteiger partial charge in [0.15, 0.2) is 0 Å². The van der Waals surface area contributed by atoms with E-state index in [1.54, 1.807) is 0 Å². The van der Waals surface area contributed by atoms with Crippen molar-refractivity contribution in [3.05, 3.63) is 35.4 Å². The molecule has 0 radical (unpaired) electrons. The Hall–Kier alpha value is -1.49. The lowest BCUT2D eigenvalue weighted by Crippen LogP contribution is -2.28. The Morgan fingerprint density at radius 1 is 1.32 bits per heavy atom. The van der Waals surface area contributed by atoms with Crippen LogP contribution in [0.2, 0.25) is 0 Å². The smallest absolute Gasteiger partial charge is 0.131 e. The molecule has 1 aliphatic rings. The molecule has 0 saturated heterocycles. The molecule has 2 rings (SSSR count). The molecule has 0 aliphatic heterocycles. The first-order valence-electron chi connectivity index (χ1n) is 6.28. The summed E-state index contributed by atoms with van der Waals surface area (Å²) in [5.74, 6) is -1.51. The summed E-state index contributed by atoms with van der Waals surface area (Å²) in [6, 6.07) is 3.10. The lowest BCUT2D eigenvalue weighted by Gasteiger charge is -2.26. The van der Waals surface area contributed by atoms with Crippen LogP contribution in [0.1, 0.15) is 38.4 Å². The summed E-state index contributed by atoms with van der Waals surface area (Å²) in [6.45, 7) is 3.70. The maximum Gasteiger partial charge on any atom is 0.131 e. The van der Waals surface area contributed by atoms with Gasteiger partial charge in [0.25, 0.3) is 0 Å². The Morgan fingerprint density at radius 3 is 2.37 bits per heavy atom. The van der Waals surface area contributed by atoms with Gasteiger partial charge in [-0.2, -0.15) is 0 Å². The molecule has 104 valence electrons. The van der Waals surface area contributed by atoms with E-state index in [0.29, 0.717) is 18.6 Å². The van der Waals surface area contributed by atoms with Gasteiger partial charge in [-0.05, 0) is 24.8 Å². The van der Waals surface area contributed by atoms with E-state index in [1.165, 1.54) is 6.07 Å². The van der Waals surface area contributed by atoms with E-state index in [9.17, 15) is 13.9 Å². The Bertz CT molecular complexity index is 510. The molecule has 1 saturated carbocycles. The SMILES string of the molecule is CC(C)C(=NO)C1(C(O)c2ccc(F)cc2F)CC1. The first kappa shape index (κ1) is 13.9. The molecule has 0 amide bonds. The monoisotopic (exact) mass is 269 g/mol. The molecule has 0 heterocycles. The van der Waals surface area contributed by atoms with Gasteiger partial charge in [0.05, 0.1) is 11.8 Å². The quantitative estimate of drug-likeness (QED) is 0.501. The van der Waals surface area contributed by atoms with Gasteiger partial charge >= 0.3 is 0 Å². The van der Waals surface area contributed by atoms with Gasteiger partial charge in [-0.15, -0.1) is 0 Å². The van der Waals surface area contributed by atoms with Crippen LogP contribution in [0.3, 0.4) is 0 Å². The second kappa shape index (κ2) is 4.89. The van der Waals surface area contributed by atoms with Crippen molar-refractivity contribution in [1.82, 2.24) is 0 Å². The molecule has 1 fully saturated rings. The van der Waals surface area contributed by atoms with Gasteiger partial charge in [0.2, 0.25) is 0 Å². The Labute approximate surface area is 110 Å². The third-order valence-electron chi connectivity index (χ3n) is 3.73. The Morgan fingerprint density at radius 2 is 1.95 bits per heavy atom. The van der Waals surface area contributed by atoms with Crippen LogP contribution in [0.15, 0.2) is 23.4 Å². The zero-order valence-corrected chi connectivity index (χ0v) is 10.9. The minimum Gasteiger partial charge on any atom is -0.411 e. The molecule has 1 aromatic rings. The Balaban J connectivity index is 2.36. The number of aliphatic hydroxyl groups is 1. The minimum absolute atomic E-state index is 0.0423. The maximum atomic E-state index is 13.7.